The number of pyridine rings is 1. The molecule has 2 N–H and O–H groups in total. The predicted octanol–water partition coefficient (Wildman–Crippen LogP) is 4.02. The average Bonchev–Trinajstić information content (AvgIpc) is 2.50. The number of carbonyl (C=O) groups excluding carboxylic acids is 1. The van der Waals surface area contributed by atoms with E-state index in [9.17, 15) is 4.79 Å². The maximum Gasteiger partial charge on any atom is 0.231 e. The van der Waals surface area contributed by atoms with E-state index in [0.29, 0.717) is 0 Å². The average molecular weight is 348 g/mol. The van der Waals surface area contributed by atoms with Gasteiger partial charge in [-0.3, -0.25) is 9.78 Å². The highest BCUT2D eigenvalue weighted by atomic mass is 79.9. The summed E-state index contributed by atoms with van der Waals surface area (Å²) in [5.74, 6) is -0.313. The van der Waals surface area contributed by atoms with Gasteiger partial charge in [0, 0.05) is 23.4 Å². The zero-order valence-electron chi connectivity index (χ0n) is 12.1. The van der Waals surface area contributed by atoms with Crippen LogP contribution in [-0.4, -0.2) is 17.4 Å². The van der Waals surface area contributed by atoms with Crippen LogP contribution in [0.25, 0.3) is 0 Å². The van der Waals surface area contributed by atoms with Crippen molar-refractivity contribution in [1.82, 2.24) is 4.98 Å². The SMILES string of the molecule is CCNc1ccc(Br)cc1NC(=O)C(C)c1cccnc1. The highest BCUT2D eigenvalue weighted by molar-refractivity contribution is 9.10. The van der Waals surface area contributed by atoms with Crippen LogP contribution in [-0.2, 0) is 4.79 Å². The first-order valence-corrected chi connectivity index (χ1v) is 7.65. The molecule has 4 nitrogen and oxygen atoms in total. The Hall–Kier alpha value is -1.88. The van der Waals surface area contributed by atoms with Gasteiger partial charge in [-0.25, -0.2) is 0 Å². The summed E-state index contributed by atoms with van der Waals surface area (Å²) in [4.78, 5) is 16.5. The summed E-state index contributed by atoms with van der Waals surface area (Å²) in [5, 5.41) is 6.21. The number of amides is 1. The number of aromatic nitrogens is 1. The quantitative estimate of drug-likeness (QED) is 0.858. The number of carbonyl (C=O) groups is 1. The predicted molar refractivity (Wildman–Crippen MR) is 89.6 cm³/mol. The van der Waals surface area contributed by atoms with Crippen LogP contribution in [0.5, 0.6) is 0 Å². The summed E-state index contributed by atoms with van der Waals surface area (Å²) in [6.45, 7) is 4.69. The maximum absolute atomic E-state index is 12.4. The van der Waals surface area contributed by atoms with Gasteiger partial charge in [-0.2, -0.15) is 0 Å². The number of anilines is 2. The Kier molecular flexibility index (Phi) is 5.33. The van der Waals surface area contributed by atoms with Crippen LogP contribution in [0.1, 0.15) is 25.3 Å². The number of hydrogen-bond donors (Lipinski definition) is 2. The smallest absolute Gasteiger partial charge is 0.231 e. The molecule has 0 aliphatic carbocycles. The molecule has 1 atom stereocenters. The Morgan fingerprint density at radius 3 is 2.81 bits per heavy atom. The van der Waals surface area contributed by atoms with E-state index in [1.807, 2.05) is 44.2 Å². The lowest BCUT2D eigenvalue weighted by Crippen LogP contribution is -2.20. The molecule has 110 valence electrons. The normalized spacial score (nSPS) is 11.8. The molecule has 21 heavy (non-hydrogen) atoms. The van der Waals surface area contributed by atoms with Gasteiger partial charge in [-0.15, -0.1) is 0 Å². The fraction of sp³-hybridized carbons (Fsp3) is 0.250. The van der Waals surface area contributed by atoms with Gasteiger partial charge in [-0.1, -0.05) is 22.0 Å². The third-order valence-electron chi connectivity index (χ3n) is 3.18. The van der Waals surface area contributed by atoms with Crippen LogP contribution in [0.3, 0.4) is 0 Å². The lowest BCUT2D eigenvalue weighted by atomic mass is 10.0. The molecule has 0 saturated carbocycles. The second-order valence-corrected chi connectivity index (χ2v) is 5.63. The van der Waals surface area contributed by atoms with Gasteiger partial charge in [0.05, 0.1) is 17.3 Å². The molecule has 1 amide bonds. The van der Waals surface area contributed by atoms with E-state index in [1.54, 1.807) is 12.4 Å². The van der Waals surface area contributed by atoms with Gasteiger partial charge in [0.25, 0.3) is 0 Å². The second-order valence-electron chi connectivity index (χ2n) is 4.72. The van der Waals surface area contributed by atoms with Crippen LogP contribution in [0.2, 0.25) is 0 Å². The monoisotopic (exact) mass is 347 g/mol. The number of nitrogens with zero attached hydrogens (tertiary/aromatic N) is 1. The zero-order valence-corrected chi connectivity index (χ0v) is 13.6. The van der Waals surface area contributed by atoms with Crippen LogP contribution in [0.15, 0.2) is 47.2 Å². The van der Waals surface area contributed by atoms with Crippen molar-refractivity contribution in [2.24, 2.45) is 0 Å². The molecule has 0 fully saturated rings. The molecular formula is C16H18BrN3O. The third kappa shape index (κ3) is 4.04. The van der Waals surface area contributed by atoms with Gasteiger partial charge >= 0.3 is 0 Å². The van der Waals surface area contributed by atoms with Crippen molar-refractivity contribution >= 4 is 33.2 Å². The van der Waals surface area contributed by atoms with Crippen molar-refractivity contribution in [3.05, 3.63) is 52.8 Å². The van der Waals surface area contributed by atoms with E-state index in [1.165, 1.54) is 0 Å². The molecule has 0 saturated heterocycles. The van der Waals surface area contributed by atoms with Gasteiger partial charge in [-0.05, 0) is 43.7 Å². The molecule has 0 bridgehead atoms. The Labute approximate surface area is 133 Å². The Morgan fingerprint density at radius 2 is 2.14 bits per heavy atom. The minimum Gasteiger partial charge on any atom is -0.384 e. The summed E-state index contributed by atoms with van der Waals surface area (Å²) in [6, 6.07) is 9.52. The summed E-state index contributed by atoms with van der Waals surface area (Å²) in [7, 11) is 0. The molecule has 0 radical (unpaired) electrons. The molecule has 0 aliphatic heterocycles. The number of halogens is 1. The van der Waals surface area contributed by atoms with E-state index in [2.05, 4.69) is 31.5 Å². The van der Waals surface area contributed by atoms with Crippen molar-refractivity contribution in [2.75, 3.05) is 17.2 Å². The Balaban J connectivity index is 2.17. The fourth-order valence-corrected chi connectivity index (χ4v) is 2.35. The van der Waals surface area contributed by atoms with Crippen LogP contribution in [0.4, 0.5) is 11.4 Å². The lowest BCUT2D eigenvalue weighted by molar-refractivity contribution is -0.117. The Bertz CT molecular complexity index is 616. The van der Waals surface area contributed by atoms with E-state index in [-0.39, 0.29) is 11.8 Å². The summed E-state index contributed by atoms with van der Waals surface area (Å²) in [5.41, 5.74) is 2.58. The van der Waals surface area contributed by atoms with Gasteiger partial charge < -0.3 is 10.6 Å². The van der Waals surface area contributed by atoms with E-state index in [0.717, 1.165) is 28.0 Å². The first-order chi connectivity index (χ1) is 10.1. The highest BCUT2D eigenvalue weighted by Crippen LogP contribution is 2.27. The molecule has 0 spiro atoms. The van der Waals surface area contributed by atoms with Crippen LogP contribution in [0, 0.1) is 0 Å². The minimum atomic E-state index is -0.257. The van der Waals surface area contributed by atoms with Crippen molar-refractivity contribution in [3.8, 4) is 0 Å². The number of rotatable bonds is 5. The van der Waals surface area contributed by atoms with Crippen LogP contribution >= 0.6 is 15.9 Å². The van der Waals surface area contributed by atoms with Crippen LogP contribution < -0.4 is 10.6 Å². The van der Waals surface area contributed by atoms with E-state index < -0.39 is 0 Å². The van der Waals surface area contributed by atoms with Gasteiger partial charge in [0.2, 0.25) is 5.91 Å². The van der Waals surface area contributed by atoms with Crippen molar-refractivity contribution < 1.29 is 4.79 Å². The number of benzene rings is 1. The molecule has 1 aromatic carbocycles. The largest absolute Gasteiger partial charge is 0.384 e. The third-order valence-corrected chi connectivity index (χ3v) is 3.68. The molecule has 1 aromatic heterocycles. The van der Waals surface area contributed by atoms with Gasteiger partial charge in [0.1, 0.15) is 0 Å². The summed E-state index contributed by atoms with van der Waals surface area (Å²) >= 11 is 3.43. The topological polar surface area (TPSA) is 54.0 Å². The lowest BCUT2D eigenvalue weighted by Gasteiger charge is -2.16. The summed E-state index contributed by atoms with van der Waals surface area (Å²) < 4.78 is 0.925. The van der Waals surface area contributed by atoms with Gasteiger partial charge in [0.15, 0.2) is 0 Å². The van der Waals surface area contributed by atoms with Crippen molar-refractivity contribution in [3.63, 3.8) is 0 Å². The molecule has 1 unspecified atom stereocenters. The number of nitrogens with one attached hydrogen (secondary N) is 2. The van der Waals surface area contributed by atoms with E-state index in [4.69, 9.17) is 0 Å². The molecule has 2 aromatic rings. The minimum absolute atomic E-state index is 0.0553. The van der Waals surface area contributed by atoms with Crippen molar-refractivity contribution in [1.29, 1.82) is 0 Å². The molecular weight excluding hydrogens is 330 g/mol. The molecule has 5 heteroatoms. The molecule has 1 heterocycles. The van der Waals surface area contributed by atoms with E-state index >= 15 is 0 Å². The summed E-state index contributed by atoms with van der Waals surface area (Å²) in [6.07, 6.45) is 3.42. The molecule has 2 rings (SSSR count). The Morgan fingerprint density at radius 1 is 1.33 bits per heavy atom. The highest BCUT2D eigenvalue weighted by Gasteiger charge is 2.16. The second kappa shape index (κ2) is 7.22. The first kappa shape index (κ1) is 15.5. The molecule has 0 aliphatic rings. The maximum atomic E-state index is 12.4. The zero-order chi connectivity index (χ0) is 15.2. The number of hydrogen-bond acceptors (Lipinski definition) is 3. The fourth-order valence-electron chi connectivity index (χ4n) is 1.99. The van der Waals surface area contributed by atoms with Crippen molar-refractivity contribution in [2.45, 2.75) is 19.8 Å². The standard InChI is InChI=1S/C16H18BrN3O/c1-3-19-14-7-6-13(17)9-15(14)20-16(21)11(2)12-5-4-8-18-10-12/h4-11,19H,3H2,1-2H3,(H,20,21). The first-order valence-electron chi connectivity index (χ1n) is 6.86.